The molecule has 4 N–H and O–H groups in total. The molecule has 0 aliphatic rings. The summed E-state index contributed by atoms with van der Waals surface area (Å²) < 4.78 is 26.8. The van der Waals surface area contributed by atoms with Crippen molar-refractivity contribution >= 4 is 33.1 Å². The molecule has 0 aliphatic carbocycles. The minimum absolute atomic E-state index is 0.0749. The summed E-state index contributed by atoms with van der Waals surface area (Å²) in [7, 11) is -4.26. The Kier molecular flexibility index (Phi) is 4.66. The van der Waals surface area contributed by atoms with Gasteiger partial charge in [0.05, 0.1) is 21.5 Å². The molecule has 0 bridgehead atoms. The highest BCUT2D eigenvalue weighted by Crippen LogP contribution is 2.28. The van der Waals surface area contributed by atoms with Crippen LogP contribution in [0, 0.1) is 10.1 Å². The van der Waals surface area contributed by atoms with Gasteiger partial charge in [-0.15, -0.1) is 0 Å². The van der Waals surface area contributed by atoms with E-state index in [-0.39, 0.29) is 16.9 Å². The summed E-state index contributed by atoms with van der Waals surface area (Å²) in [6, 6.07) is 8.23. The van der Waals surface area contributed by atoms with Gasteiger partial charge in [-0.25, -0.2) is 8.42 Å². The number of aromatic carboxylic acids is 1. The molecular weight excluding hydrogens is 340 g/mol. The van der Waals surface area contributed by atoms with E-state index in [9.17, 15) is 28.4 Å². The predicted molar refractivity (Wildman–Crippen MR) is 82.5 cm³/mol. The van der Waals surface area contributed by atoms with Gasteiger partial charge in [0, 0.05) is 11.6 Å². The molecule has 0 spiro atoms. The summed E-state index contributed by atoms with van der Waals surface area (Å²) in [4.78, 5) is 20.8. The Labute approximate surface area is 136 Å². The van der Waals surface area contributed by atoms with Gasteiger partial charge in [0.15, 0.2) is 0 Å². The summed E-state index contributed by atoms with van der Waals surface area (Å²) in [5.41, 5.74) is 0.878. The molecule has 126 valence electrons. The third-order valence-corrected chi connectivity index (χ3v) is 4.39. The van der Waals surface area contributed by atoms with Crippen molar-refractivity contribution < 1.29 is 23.2 Å². The standard InChI is InChI=1S/C13H12N4O6S/c14-15-11-6-5-8(7-12(11)17(20)21)24(22,23)16-10-4-2-1-3-9(10)13(18)19/h1-7,15-16H,14H2,(H,18,19)/p-1. The van der Waals surface area contributed by atoms with Crippen molar-refractivity contribution in [1.82, 2.24) is 0 Å². The number of sulfonamides is 1. The average molecular weight is 351 g/mol. The van der Waals surface area contributed by atoms with Gasteiger partial charge in [0.2, 0.25) is 0 Å². The van der Waals surface area contributed by atoms with Gasteiger partial charge >= 0.3 is 0 Å². The molecule has 0 radical (unpaired) electrons. The van der Waals surface area contributed by atoms with E-state index in [1.165, 1.54) is 18.2 Å². The largest absolute Gasteiger partial charge is 0.545 e. The monoisotopic (exact) mass is 351 g/mol. The topological polar surface area (TPSA) is 167 Å². The number of benzene rings is 2. The van der Waals surface area contributed by atoms with Crippen LogP contribution in [0.2, 0.25) is 0 Å². The SMILES string of the molecule is NNc1ccc(S(=O)(=O)Nc2ccccc2C(=O)[O-])cc1[N+](=O)[O-]. The van der Waals surface area contributed by atoms with Crippen molar-refractivity contribution in [2.45, 2.75) is 4.90 Å². The van der Waals surface area contributed by atoms with Crippen LogP contribution < -0.4 is 21.1 Å². The molecule has 0 atom stereocenters. The fourth-order valence-electron chi connectivity index (χ4n) is 1.91. The van der Waals surface area contributed by atoms with Gasteiger partial charge in [0.25, 0.3) is 15.7 Å². The number of nitro groups is 1. The lowest BCUT2D eigenvalue weighted by atomic mass is 10.2. The number of carbonyl (C=O) groups excluding carboxylic acids is 1. The fourth-order valence-corrected chi connectivity index (χ4v) is 3.00. The number of carboxylic acid groups (broad SMARTS) is 1. The van der Waals surface area contributed by atoms with Crippen molar-refractivity contribution in [1.29, 1.82) is 0 Å². The van der Waals surface area contributed by atoms with E-state index in [4.69, 9.17) is 5.84 Å². The Morgan fingerprint density at radius 2 is 1.79 bits per heavy atom. The minimum Gasteiger partial charge on any atom is -0.545 e. The van der Waals surface area contributed by atoms with Crippen molar-refractivity contribution in [3.63, 3.8) is 0 Å². The van der Waals surface area contributed by atoms with Gasteiger partial charge in [-0.3, -0.25) is 20.7 Å². The smallest absolute Gasteiger partial charge is 0.295 e. The van der Waals surface area contributed by atoms with Gasteiger partial charge in [0.1, 0.15) is 5.69 Å². The number of nitro benzene ring substituents is 1. The van der Waals surface area contributed by atoms with Crippen LogP contribution in [-0.4, -0.2) is 19.3 Å². The van der Waals surface area contributed by atoms with Gasteiger partial charge < -0.3 is 15.3 Å². The molecule has 24 heavy (non-hydrogen) atoms. The Morgan fingerprint density at radius 1 is 1.12 bits per heavy atom. The molecule has 0 saturated carbocycles. The van der Waals surface area contributed by atoms with E-state index < -0.39 is 31.5 Å². The second kappa shape index (κ2) is 6.52. The van der Waals surface area contributed by atoms with E-state index in [0.29, 0.717) is 0 Å². The Balaban J connectivity index is 2.47. The summed E-state index contributed by atoms with van der Waals surface area (Å²) in [5.74, 6) is 3.56. The number of anilines is 2. The van der Waals surface area contributed by atoms with E-state index >= 15 is 0 Å². The lowest BCUT2D eigenvalue weighted by Gasteiger charge is -2.13. The summed E-state index contributed by atoms with van der Waals surface area (Å²) in [6.07, 6.45) is 0. The third-order valence-electron chi connectivity index (χ3n) is 3.02. The van der Waals surface area contributed by atoms with Crippen molar-refractivity contribution in [3.05, 3.63) is 58.1 Å². The van der Waals surface area contributed by atoms with E-state index in [1.807, 2.05) is 0 Å². The number of nitrogens with zero attached hydrogens (tertiary/aromatic N) is 1. The molecule has 0 aromatic heterocycles. The maximum atomic E-state index is 12.4. The van der Waals surface area contributed by atoms with Crippen LogP contribution >= 0.6 is 0 Å². The minimum atomic E-state index is -4.26. The highest BCUT2D eigenvalue weighted by molar-refractivity contribution is 7.92. The van der Waals surface area contributed by atoms with Crippen LogP contribution in [-0.2, 0) is 10.0 Å². The van der Waals surface area contributed by atoms with Gasteiger partial charge in [-0.2, -0.15) is 0 Å². The molecule has 0 amide bonds. The molecule has 0 fully saturated rings. The van der Waals surface area contributed by atoms with Crippen LogP contribution in [0.15, 0.2) is 47.4 Å². The summed E-state index contributed by atoms with van der Waals surface area (Å²) in [5, 5.41) is 22.0. The lowest BCUT2D eigenvalue weighted by Crippen LogP contribution is -2.25. The van der Waals surface area contributed by atoms with E-state index in [0.717, 1.165) is 24.3 Å². The highest BCUT2D eigenvalue weighted by atomic mass is 32.2. The zero-order valence-electron chi connectivity index (χ0n) is 11.9. The van der Waals surface area contributed by atoms with Crippen LogP contribution in [0.5, 0.6) is 0 Å². The fraction of sp³-hybridized carbons (Fsp3) is 0. The first-order chi connectivity index (χ1) is 11.3. The number of nitrogen functional groups attached to an aromatic ring is 1. The molecule has 0 unspecified atom stereocenters. The van der Waals surface area contributed by atoms with Crippen LogP contribution in [0.3, 0.4) is 0 Å². The third kappa shape index (κ3) is 3.42. The number of hydrazine groups is 1. The molecule has 0 heterocycles. The maximum absolute atomic E-state index is 12.4. The highest BCUT2D eigenvalue weighted by Gasteiger charge is 2.22. The number of carboxylic acids is 1. The van der Waals surface area contributed by atoms with Crippen molar-refractivity contribution in [2.75, 3.05) is 10.1 Å². The molecule has 10 nitrogen and oxygen atoms in total. The number of carbonyl (C=O) groups is 1. The number of nitrogens with one attached hydrogen (secondary N) is 2. The molecule has 2 rings (SSSR count). The average Bonchev–Trinajstić information content (AvgIpc) is 2.54. The number of para-hydroxylation sites is 1. The van der Waals surface area contributed by atoms with Crippen LogP contribution in [0.1, 0.15) is 10.4 Å². The molecule has 0 aliphatic heterocycles. The first-order valence-corrected chi connectivity index (χ1v) is 7.83. The number of hydrogen-bond donors (Lipinski definition) is 3. The molecule has 11 heteroatoms. The molecule has 2 aromatic rings. The molecular formula is C13H11N4O6S-. The van der Waals surface area contributed by atoms with Crippen molar-refractivity contribution in [2.24, 2.45) is 5.84 Å². The molecule has 2 aromatic carbocycles. The van der Waals surface area contributed by atoms with E-state index in [1.54, 1.807) is 0 Å². The number of rotatable bonds is 6. The predicted octanol–water partition coefficient (Wildman–Crippen LogP) is 0.0447. The second-order valence-electron chi connectivity index (χ2n) is 4.52. The van der Waals surface area contributed by atoms with Gasteiger partial charge in [-0.1, -0.05) is 18.2 Å². The Hall–Kier alpha value is -3.18. The van der Waals surface area contributed by atoms with E-state index in [2.05, 4.69) is 10.1 Å². The summed E-state index contributed by atoms with van der Waals surface area (Å²) >= 11 is 0. The maximum Gasteiger partial charge on any atom is 0.295 e. The molecule has 0 saturated heterocycles. The van der Waals surface area contributed by atoms with Gasteiger partial charge in [-0.05, 0) is 18.2 Å². The number of hydrogen-bond acceptors (Lipinski definition) is 8. The lowest BCUT2D eigenvalue weighted by molar-refractivity contribution is -0.384. The first kappa shape index (κ1) is 17.2. The normalized spacial score (nSPS) is 10.9. The number of nitrogens with two attached hydrogens (primary N) is 1. The Morgan fingerprint density at radius 3 is 2.38 bits per heavy atom. The van der Waals surface area contributed by atoms with Crippen LogP contribution in [0.4, 0.5) is 17.1 Å². The van der Waals surface area contributed by atoms with Crippen molar-refractivity contribution in [3.8, 4) is 0 Å². The zero-order chi connectivity index (χ0) is 17.9. The second-order valence-corrected chi connectivity index (χ2v) is 6.20. The Bertz CT molecular complexity index is 912. The quantitative estimate of drug-likeness (QED) is 0.372. The van der Waals surface area contributed by atoms with Crippen LogP contribution in [0.25, 0.3) is 0 Å². The summed E-state index contributed by atoms with van der Waals surface area (Å²) in [6.45, 7) is 0. The first-order valence-electron chi connectivity index (χ1n) is 6.34. The zero-order valence-corrected chi connectivity index (χ0v) is 12.7.